The predicted octanol–water partition coefficient (Wildman–Crippen LogP) is 6.02. The fourth-order valence-electron chi connectivity index (χ4n) is 3.66. The van der Waals surface area contributed by atoms with Gasteiger partial charge in [-0.1, -0.05) is 62.2 Å². The molecule has 0 radical (unpaired) electrons. The van der Waals surface area contributed by atoms with Crippen LogP contribution >= 0.6 is 0 Å². The molecule has 0 aliphatic carbocycles. The van der Waals surface area contributed by atoms with E-state index in [0.29, 0.717) is 0 Å². The van der Waals surface area contributed by atoms with Crippen LogP contribution in [0.1, 0.15) is 45.4 Å². The van der Waals surface area contributed by atoms with E-state index in [9.17, 15) is 0 Å². The summed E-state index contributed by atoms with van der Waals surface area (Å²) in [6.45, 7) is 7.10. The van der Waals surface area contributed by atoms with E-state index in [1.54, 1.807) is 0 Å². The van der Waals surface area contributed by atoms with Gasteiger partial charge >= 0.3 is 0 Å². The number of hydrogen-bond donors (Lipinski definition) is 0. The third-order valence-corrected chi connectivity index (χ3v) is 5.45. The predicted molar refractivity (Wildman–Crippen MR) is 111 cm³/mol. The van der Waals surface area contributed by atoms with Gasteiger partial charge in [-0.25, -0.2) is 0 Å². The van der Waals surface area contributed by atoms with Gasteiger partial charge in [0.2, 0.25) is 0 Å². The highest BCUT2D eigenvalue weighted by molar-refractivity contribution is 5.64. The highest BCUT2D eigenvalue weighted by Crippen LogP contribution is 2.23. The number of benzene rings is 2. The first kappa shape index (κ1) is 19.0. The summed E-state index contributed by atoms with van der Waals surface area (Å²) in [6.07, 6.45) is 7.83. The lowest BCUT2D eigenvalue weighted by atomic mass is 9.99. The quantitative estimate of drug-likeness (QED) is 0.512. The summed E-state index contributed by atoms with van der Waals surface area (Å²) in [4.78, 5) is 2.64. The fourth-order valence-corrected chi connectivity index (χ4v) is 3.66. The van der Waals surface area contributed by atoms with Crippen LogP contribution in [-0.2, 0) is 0 Å². The van der Waals surface area contributed by atoms with Crippen LogP contribution < -0.4 is 4.74 Å². The smallest absolute Gasteiger partial charge is 0.119 e. The van der Waals surface area contributed by atoms with Crippen molar-refractivity contribution >= 4 is 0 Å². The Morgan fingerprint density at radius 2 is 1.58 bits per heavy atom. The molecule has 1 aliphatic rings. The largest absolute Gasteiger partial charge is 0.494 e. The van der Waals surface area contributed by atoms with Gasteiger partial charge in [0.25, 0.3) is 0 Å². The molecule has 0 saturated carbocycles. The number of piperidine rings is 1. The maximum absolute atomic E-state index is 5.97. The Kier molecular flexibility index (Phi) is 7.57. The van der Waals surface area contributed by atoms with Crippen molar-refractivity contribution in [1.29, 1.82) is 0 Å². The monoisotopic (exact) mass is 351 g/mol. The maximum atomic E-state index is 5.97. The van der Waals surface area contributed by atoms with Crippen LogP contribution in [0.25, 0.3) is 11.1 Å². The van der Waals surface area contributed by atoms with E-state index >= 15 is 0 Å². The lowest BCUT2D eigenvalue weighted by Crippen LogP contribution is -2.33. The standard InChI is InChI=1S/C24H33NO/c1-21-14-17-25(18-15-21)16-7-2-3-8-19-26-24-13-9-12-23(20-24)22-10-5-4-6-11-22/h4-6,9-13,20-21H,2-3,7-8,14-19H2,1H3. The number of ether oxygens (including phenoxy) is 1. The van der Waals surface area contributed by atoms with Gasteiger partial charge in [0.15, 0.2) is 0 Å². The maximum Gasteiger partial charge on any atom is 0.119 e. The molecule has 140 valence electrons. The summed E-state index contributed by atoms with van der Waals surface area (Å²) in [7, 11) is 0. The molecule has 1 heterocycles. The molecule has 2 heteroatoms. The summed E-state index contributed by atoms with van der Waals surface area (Å²) >= 11 is 0. The van der Waals surface area contributed by atoms with E-state index in [-0.39, 0.29) is 0 Å². The Hall–Kier alpha value is -1.80. The van der Waals surface area contributed by atoms with E-state index in [4.69, 9.17) is 4.74 Å². The van der Waals surface area contributed by atoms with E-state index in [1.807, 2.05) is 0 Å². The third-order valence-electron chi connectivity index (χ3n) is 5.45. The molecule has 1 fully saturated rings. The first-order valence-corrected chi connectivity index (χ1v) is 10.3. The van der Waals surface area contributed by atoms with Crippen molar-refractivity contribution in [2.45, 2.75) is 45.4 Å². The van der Waals surface area contributed by atoms with Crippen molar-refractivity contribution in [1.82, 2.24) is 4.90 Å². The molecule has 1 aliphatic heterocycles. The zero-order valence-corrected chi connectivity index (χ0v) is 16.2. The molecule has 0 amide bonds. The molecular formula is C24H33NO. The Labute approximate surface area is 159 Å². The van der Waals surface area contributed by atoms with E-state index in [0.717, 1.165) is 24.7 Å². The molecule has 0 aromatic heterocycles. The average Bonchev–Trinajstić information content (AvgIpc) is 2.69. The minimum atomic E-state index is 0.819. The van der Waals surface area contributed by atoms with Gasteiger partial charge in [0.05, 0.1) is 6.61 Å². The minimum Gasteiger partial charge on any atom is -0.494 e. The third kappa shape index (κ3) is 6.17. The summed E-state index contributed by atoms with van der Waals surface area (Å²) in [5.74, 6) is 1.91. The summed E-state index contributed by atoms with van der Waals surface area (Å²) < 4.78 is 5.97. The highest BCUT2D eigenvalue weighted by Gasteiger charge is 2.14. The van der Waals surface area contributed by atoms with Crippen LogP contribution in [0.2, 0.25) is 0 Å². The second-order valence-corrected chi connectivity index (χ2v) is 7.68. The number of likely N-dealkylation sites (tertiary alicyclic amines) is 1. The normalized spacial score (nSPS) is 15.9. The zero-order valence-electron chi connectivity index (χ0n) is 16.2. The van der Waals surface area contributed by atoms with Crippen molar-refractivity contribution in [2.75, 3.05) is 26.2 Å². The Balaban J connectivity index is 1.29. The number of hydrogen-bond acceptors (Lipinski definition) is 2. The first-order valence-electron chi connectivity index (χ1n) is 10.3. The zero-order chi connectivity index (χ0) is 18.0. The molecule has 1 saturated heterocycles. The van der Waals surface area contributed by atoms with Crippen LogP contribution in [0.5, 0.6) is 5.75 Å². The van der Waals surface area contributed by atoms with Gasteiger partial charge in [0, 0.05) is 0 Å². The Morgan fingerprint density at radius 3 is 2.38 bits per heavy atom. The summed E-state index contributed by atoms with van der Waals surface area (Å²) in [5.41, 5.74) is 2.46. The minimum absolute atomic E-state index is 0.819. The summed E-state index contributed by atoms with van der Waals surface area (Å²) in [5, 5.41) is 0. The van der Waals surface area contributed by atoms with Crippen LogP contribution in [0, 0.1) is 5.92 Å². The number of rotatable bonds is 9. The second kappa shape index (κ2) is 10.4. The Bertz CT molecular complexity index is 632. The van der Waals surface area contributed by atoms with E-state index < -0.39 is 0 Å². The lowest BCUT2D eigenvalue weighted by molar-refractivity contribution is 0.188. The molecule has 3 rings (SSSR count). The first-order chi connectivity index (χ1) is 12.8. The van der Waals surface area contributed by atoms with Gasteiger partial charge in [-0.05, 0) is 74.5 Å². The van der Waals surface area contributed by atoms with Crippen molar-refractivity contribution in [3.05, 3.63) is 54.6 Å². The van der Waals surface area contributed by atoms with Gasteiger partial charge in [-0.2, -0.15) is 0 Å². The van der Waals surface area contributed by atoms with Crippen molar-refractivity contribution in [2.24, 2.45) is 5.92 Å². The molecular weight excluding hydrogens is 318 g/mol. The van der Waals surface area contributed by atoms with Crippen LogP contribution in [-0.4, -0.2) is 31.1 Å². The van der Waals surface area contributed by atoms with Gasteiger partial charge in [0.1, 0.15) is 5.75 Å². The van der Waals surface area contributed by atoms with E-state index in [2.05, 4.69) is 66.4 Å². The molecule has 0 bridgehead atoms. The Morgan fingerprint density at radius 1 is 0.846 bits per heavy atom. The average molecular weight is 352 g/mol. The molecule has 0 spiro atoms. The SMILES string of the molecule is CC1CCN(CCCCCCOc2cccc(-c3ccccc3)c2)CC1. The van der Waals surface area contributed by atoms with Crippen molar-refractivity contribution in [3.8, 4) is 16.9 Å². The molecule has 2 nitrogen and oxygen atoms in total. The molecule has 2 aromatic carbocycles. The second-order valence-electron chi connectivity index (χ2n) is 7.68. The van der Waals surface area contributed by atoms with Gasteiger partial charge < -0.3 is 9.64 Å². The summed E-state index contributed by atoms with van der Waals surface area (Å²) in [6, 6.07) is 18.9. The fraction of sp³-hybridized carbons (Fsp3) is 0.500. The van der Waals surface area contributed by atoms with Crippen LogP contribution in [0.4, 0.5) is 0 Å². The van der Waals surface area contributed by atoms with Crippen molar-refractivity contribution in [3.63, 3.8) is 0 Å². The molecule has 0 unspecified atom stereocenters. The topological polar surface area (TPSA) is 12.5 Å². The van der Waals surface area contributed by atoms with Gasteiger partial charge in [-0.3, -0.25) is 0 Å². The molecule has 2 aromatic rings. The molecule has 26 heavy (non-hydrogen) atoms. The highest BCUT2D eigenvalue weighted by atomic mass is 16.5. The van der Waals surface area contributed by atoms with Crippen LogP contribution in [0.3, 0.4) is 0 Å². The lowest BCUT2D eigenvalue weighted by Gasteiger charge is -2.30. The number of unbranched alkanes of at least 4 members (excludes halogenated alkanes) is 3. The van der Waals surface area contributed by atoms with Gasteiger partial charge in [-0.15, -0.1) is 0 Å². The van der Waals surface area contributed by atoms with E-state index in [1.165, 1.54) is 62.9 Å². The van der Waals surface area contributed by atoms with Crippen LogP contribution in [0.15, 0.2) is 54.6 Å². The number of nitrogens with zero attached hydrogens (tertiary/aromatic N) is 1. The van der Waals surface area contributed by atoms with Crippen molar-refractivity contribution < 1.29 is 4.74 Å². The molecule has 0 atom stereocenters. The molecule has 0 N–H and O–H groups in total.